The predicted molar refractivity (Wildman–Crippen MR) is 103 cm³/mol. The highest BCUT2D eigenvalue weighted by Crippen LogP contribution is 2.23. The van der Waals surface area contributed by atoms with Crippen LogP contribution in [0.1, 0.15) is 37.2 Å². The number of aromatic nitrogens is 5. The van der Waals surface area contributed by atoms with Gasteiger partial charge in [-0.05, 0) is 25.8 Å². The lowest BCUT2D eigenvalue weighted by Gasteiger charge is -2.18. The molecule has 0 fully saturated rings. The van der Waals surface area contributed by atoms with E-state index in [0.717, 1.165) is 34.6 Å². The van der Waals surface area contributed by atoms with E-state index in [1.807, 2.05) is 38.2 Å². The number of alkyl halides is 3. The molecule has 1 atom stereocenters. The number of nitrogens with two attached hydrogens (primary N) is 1. The maximum absolute atomic E-state index is 10.6. The fourth-order valence-electron chi connectivity index (χ4n) is 2.45. The summed E-state index contributed by atoms with van der Waals surface area (Å²) in [7, 11) is 0. The number of carboxylic acids is 1. The number of benzene rings is 1. The summed E-state index contributed by atoms with van der Waals surface area (Å²) in [6.07, 6.45) is -2.36. The molecule has 2 aromatic heterocycles. The first kappa shape index (κ1) is 23.1. The van der Waals surface area contributed by atoms with E-state index in [1.165, 1.54) is 0 Å². The lowest BCUT2D eigenvalue weighted by atomic mass is 9.97. The second-order valence-electron chi connectivity index (χ2n) is 6.92. The smallest absolute Gasteiger partial charge is 0.475 e. The molecular weight excluding hydrogens is 401 g/mol. The van der Waals surface area contributed by atoms with Gasteiger partial charge < -0.3 is 10.8 Å². The molecular formula is C19H23F3N6O2. The van der Waals surface area contributed by atoms with Gasteiger partial charge in [-0.25, -0.2) is 9.48 Å². The minimum atomic E-state index is -5.08. The van der Waals surface area contributed by atoms with E-state index in [-0.39, 0.29) is 0 Å². The van der Waals surface area contributed by atoms with Crippen molar-refractivity contribution in [2.24, 2.45) is 5.73 Å². The van der Waals surface area contributed by atoms with Crippen molar-refractivity contribution in [2.45, 2.75) is 45.5 Å². The second kappa shape index (κ2) is 9.08. The molecule has 4 N–H and O–H groups in total. The molecule has 0 aliphatic rings. The number of nitrogens with zero attached hydrogens (tertiary/aromatic N) is 4. The topological polar surface area (TPSA) is 123 Å². The van der Waals surface area contributed by atoms with Crippen molar-refractivity contribution < 1.29 is 23.1 Å². The van der Waals surface area contributed by atoms with E-state index in [9.17, 15) is 13.2 Å². The molecule has 8 nitrogen and oxygen atoms in total. The van der Waals surface area contributed by atoms with E-state index in [1.54, 1.807) is 4.68 Å². The lowest BCUT2D eigenvalue weighted by Crippen LogP contribution is -2.32. The number of hydrogen-bond donors (Lipinski definition) is 3. The average molecular weight is 424 g/mol. The van der Waals surface area contributed by atoms with Crippen LogP contribution in [0.3, 0.4) is 0 Å². The normalized spacial score (nSPS) is 13.3. The molecule has 0 amide bonds. The largest absolute Gasteiger partial charge is 0.490 e. The highest BCUT2D eigenvalue weighted by atomic mass is 19.4. The van der Waals surface area contributed by atoms with Gasteiger partial charge in [-0.3, -0.25) is 5.10 Å². The van der Waals surface area contributed by atoms with Crippen LogP contribution in [0.4, 0.5) is 13.2 Å². The number of nitrogens with one attached hydrogen (secondary N) is 1. The molecule has 0 radical (unpaired) electrons. The minimum absolute atomic E-state index is 0.448. The van der Waals surface area contributed by atoms with Gasteiger partial charge in [0.15, 0.2) is 0 Å². The zero-order valence-corrected chi connectivity index (χ0v) is 16.7. The molecule has 2 heterocycles. The number of carboxylic acid groups (broad SMARTS) is 1. The lowest BCUT2D eigenvalue weighted by molar-refractivity contribution is -0.192. The zero-order valence-electron chi connectivity index (χ0n) is 16.7. The second-order valence-corrected chi connectivity index (χ2v) is 6.92. The summed E-state index contributed by atoms with van der Waals surface area (Å²) in [4.78, 5) is 8.90. The number of carbonyl (C=O) groups is 1. The summed E-state index contributed by atoms with van der Waals surface area (Å²) in [5.41, 5.74) is 10.8. The number of hydrogen-bond acceptors (Lipinski definition) is 5. The van der Waals surface area contributed by atoms with Crippen LogP contribution in [0.25, 0.3) is 11.3 Å². The first-order chi connectivity index (χ1) is 14.0. The molecule has 11 heteroatoms. The summed E-state index contributed by atoms with van der Waals surface area (Å²) >= 11 is 0. The van der Waals surface area contributed by atoms with Crippen LogP contribution in [-0.2, 0) is 16.9 Å². The van der Waals surface area contributed by atoms with Crippen molar-refractivity contribution in [2.75, 3.05) is 0 Å². The first-order valence-corrected chi connectivity index (χ1v) is 9.04. The van der Waals surface area contributed by atoms with Crippen molar-refractivity contribution in [3.05, 3.63) is 53.5 Å². The molecule has 30 heavy (non-hydrogen) atoms. The summed E-state index contributed by atoms with van der Waals surface area (Å²) in [6, 6.07) is 10.1. The van der Waals surface area contributed by atoms with Crippen molar-refractivity contribution >= 4 is 5.97 Å². The molecule has 0 aliphatic heterocycles. The van der Waals surface area contributed by atoms with Gasteiger partial charge in [0.25, 0.3) is 0 Å². The van der Waals surface area contributed by atoms with Crippen LogP contribution in [0, 0.1) is 6.92 Å². The fourth-order valence-corrected chi connectivity index (χ4v) is 2.45. The van der Waals surface area contributed by atoms with Gasteiger partial charge in [0.2, 0.25) is 0 Å². The minimum Gasteiger partial charge on any atom is -0.475 e. The standard InChI is InChI=1S/C17H22N6.C2HF3O2/c1-4-17(3,18)15-11-23(22-20-15)10-14-12(2)16(21-19-14)13-8-6-5-7-9-13;3-2(4,5)1(6)7/h5-9,11H,4,10,18H2,1-3H3,(H,19,21);(H,6,7). The van der Waals surface area contributed by atoms with Crippen LogP contribution in [0.2, 0.25) is 0 Å². The Morgan fingerprint density at radius 1 is 1.27 bits per heavy atom. The van der Waals surface area contributed by atoms with Gasteiger partial charge in [0.05, 0.1) is 29.7 Å². The van der Waals surface area contributed by atoms with E-state index in [0.29, 0.717) is 6.54 Å². The summed E-state index contributed by atoms with van der Waals surface area (Å²) < 4.78 is 33.5. The third-order valence-corrected chi connectivity index (χ3v) is 4.58. The summed E-state index contributed by atoms with van der Waals surface area (Å²) in [5.74, 6) is -2.76. The molecule has 0 spiro atoms. The van der Waals surface area contributed by atoms with Gasteiger partial charge in [-0.1, -0.05) is 42.5 Å². The maximum atomic E-state index is 10.6. The van der Waals surface area contributed by atoms with Crippen LogP contribution in [-0.4, -0.2) is 42.4 Å². The molecule has 0 aliphatic carbocycles. The van der Waals surface area contributed by atoms with Gasteiger partial charge in [-0.2, -0.15) is 18.3 Å². The molecule has 3 aromatic rings. The van der Waals surface area contributed by atoms with Crippen molar-refractivity contribution in [3.8, 4) is 11.3 Å². The van der Waals surface area contributed by atoms with Crippen LogP contribution < -0.4 is 5.73 Å². The molecule has 0 bridgehead atoms. The Labute approximate surface area is 170 Å². The molecule has 1 aromatic carbocycles. The fraction of sp³-hybridized carbons (Fsp3) is 0.368. The Morgan fingerprint density at radius 2 is 1.87 bits per heavy atom. The Morgan fingerprint density at radius 3 is 2.40 bits per heavy atom. The third-order valence-electron chi connectivity index (χ3n) is 4.58. The number of halogens is 3. The molecule has 0 saturated carbocycles. The van der Waals surface area contributed by atoms with Crippen LogP contribution >= 0.6 is 0 Å². The van der Waals surface area contributed by atoms with Gasteiger partial charge in [-0.15, -0.1) is 5.10 Å². The van der Waals surface area contributed by atoms with Gasteiger partial charge >= 0.3 is 12.1 Å². The highest BCUT2D eigenvalue weighted by molar-refractivity contribution is 5.73. The maximum Gasteiger partial charge on any atom is 0.490 e. The SMILES string of the molecule is CCC(C)(N)c1cn(Cc2[nH]nc(-c3ccccc3)c2C)nn1.O=C(O)C(F)(F)F. The van der Waals surface area contributed by atoms with Gasteiger partial charge in [0, 0.05) is 5.56 Å². The summed E-state index contributed by atoms with van der Waals surface area (Å²) in [5, 5.41) is 23.1. The molecule has 1 unspecified atom stereocenters. The highest BCUT2D eigenvalue weighted by Gasteiger charge is 2.38. The number of aliphatic carboxylic acids is 1. The van der Waals surface area contributed by atoms with E-state index in [4.69, 9.17) is 15.6 Å². The Kier molecular flexibility index (Phi) is 6.98. The monoisotopic (exact) mass is 424 g/mol. The number of H-pyrrole nitrogens is 1. The van der Waals surface area contributed by atoms with Crippen molar-refractivity contribution in [1.29, 1.82) is 0 Å². The molecule has 0 saturated heterocycles. The Hall–Kier alpha value is -3.21. The van der Waals surface area contributed by atoms with E-state index in [2.05, 4.69) is 39.6 Å². The van der Waals surface area contributed by atoms with Crippen LogP contribution in [0.15, 0.2) is 36.5 Å². The first-order valence-electron chi connectivity index (χ1n) is 9.04. The summed E-state index contributed by atoms with van der Waals surface area (Å²) in [6.45, 7) is 6.68. The number of aromatic amines is 1. The van der Waals surface area contributed by atoms with Crippen molar-refractivity contribution in [3.63, 3.8) is 0 Å². The average Bonchev–Trinajstić information content (AvgIpc) is 3.30. The van der Waals surface area contributed by atoms with E-state index >= 15 is 0 Å². The van der Waals surface area contributed by atoms with Crippen molar-refractivity contribution in [1.82, 2.24) is 25.2 Å². The Bertz CT molecular complexity index is 980. The Balaban J connectivity index is 0.000000396. The van der Waals surface area contributed by atoms with E-state index < -0.39 is 17.7 Å². The predicted octanol–water partition coefficient (Wildman–Crippen LogP) is 3.24. The van der Waals surface area contributed by atoms with Crippen LogP contribution in [0.5, 0.6) is 0 Å². The van der Waals surface area contributed by atoms with Gasteiger partial charge in [0.1, 0.15) is 5.69 Å². The molecule has 162 valence electrons. The number of rotatable bonds is 5. The zero-order chi connectivity index (χ0) is 22.5. The third kappa shape index (κ3) is 5.66. The quantitative estimate of drug-likeness (QED) is 0.578. The molecule has 3 rings (SSSR count).